The van der Waals surface area contributed by atoms with Crippen LogP contribution in [-0.2, 0) is 0 Å². The van der Waals surface area contributed by atoms with E-state index < -0.39 is 0 Å². The van der Waals surface area contributed by atoms with Crippen LogP contribution in [0.1, 0.15) is 0 Å². The molecule has 0 spiro atoms. The van der Waals surface area contributed by atoms with Crippen LogP contribution < -0.4 is 0 Å². The molecular weight excluding hydrogens is 48.0 g/mol. The molecule has 0 aromatic heterocycles. The molecule has 0 nitrogen and oxygen atoms in total. The highest BCUT2D eigenvalue weighted by Crippen LogP contribution is 1.36. The number of rotatable bonds is 0. The third-order valence-electron chi connectivity index (χ3n) is 0. The summed E-state index contributed by atoms with van der Waals surface area (Å²) in [5, 5.41) is 0. The summed E-state index contributed by atoms with van der Waals surface area (Å²) in [6.45, 7) is 9.00. The first-order chi connectivity index (χ1) is 1.41. The predicted octanol–water partition coefficient (Wildman–Crippen LogP) is 0.842. The van der Waals surface area contributed by atoms with Crippen molar-refractivity contribution in [2.24, 2.45) is 0 Å². The molecular formula is C4H3. The molecule has 0 aromatic carbocycles. The minimum Gasteiger partial charge on any atom is -0.102 e. The largest absolute Gasteiger partial charge is 0.102 e. The van der Waals surface area contributed by atoms with E-state index in [0.717, 1.165) is 6.08 Å². The monoisotopic (exact) mass is 51.0 g/mol. The van der Waals surface area contributed by atoms with Gasteiger partial charge in [-0.15, -0.1) is 6.58 Å². The summed E-state index contributed by atoms with van der Waals surface area (Å²) in [6, 6.07) is 0. The Kier molecular flexibility index (Phi) is 35.1. The number of allylic oxidation sites excluding steroid dienone is 1. The SMILES string of the molecule is [C].[C]C=C. The fourth-order valence-electron chi connectivity index (χ4n) is 0. The highest BCUT2D eigenvalue weighted by Gasteiger charge is 1.18. The molecule has 0 aromatic rings. The van der Waals surface area contributed by atoms with E-state index in [2.05, 4.69) is 6.58 Å². The highest BCUT2D eigenvalue weighted by molar-refractivity contribution is 4.66. The maximum absolute atomic E-state index is 5.97. The molecule has 0 aliphatic carbocycles. The zero-order valence-corrected chi connectivity index (χ0v) is 2.28. The van der Waals surface area contributed by atoms with Gasteiger partial charge in [-0.05, 0) is 0 Å². The van der Waals surface area contributed by atoms with Crippen LogP contribution >= 0.6 is 0 Å². The topological polar surface area (TPSA) is 0 Å². The molecule has 0 aliphatic heterocycles. The maximum Gasteiger partial charge on any atom is 0.0206 e. The Bertz CT molecular complexity index is 7.51. The fourth-order valence-corrected chi connectivity index (χ4v) is 0. The van der Waals surface area contributed by atoms with Crippen molar-refractivity contribution in [1.82, 2.24) is 0 Å². The van der Waals surface area contributed by atoms with E-state index in [-0.39, 0.29) is 7.43 Å². The lowest BCUT2D eigenvalue weighted by atomic mass is 10.8. The molecule has 0 rings (SSSR count). The van der Waals surface area contributed by atoms with E-state index in [1.54, 1.807) is 0 Å². The van der Waals surface area contributed by atoms with Gasteiger partial charge in [-0.25, -0.2) is 0 Å². The van der Waals surface area contributed by atoms with Gasteiger partial charge in [-0.2, -0.15) is 0 Å². The predicted molar refractivity (Wildman–Crippen MR) is 16.7 cm³/mol. The smallest absolute Gasteiger partial charge is 0.0206 e. The number of hydrogen-bond acceptors (Lipinski definition) is 0. The van der Waals surface area contributed by atoms with Crippen molar-refractivity contribution in [2.75, 3.05) is 0 Å². The van der Waals surface area contributed by atoms with Gasteiger partial charge in [0.2, 0.25) is 0 Å². The third kappa shape index (κ3) is 14.1. The van der Waals surface area contributed by atoms with Gasteiger partial charge in [-0.3, -0.25) is 0 Å². The molecule has 0 unspecified atom stereocenters. The molecule has 0 bridgehead atoms. The Labute approximate surface area is 28.2 Å². The molecule has 0 heterocycles. The Morgan fingerprint density at radius 3 is 1.75 bits per heavy atom. The first-order valence-electron chi connectivity index (χ1n) is 0.697. The van der Waals surface area contributed by atoms with Gasteiger partial charge >= 0.3 is 0 Å². The van der Waals surface area contributed by atoms with Gasteiger partial charge in [0.1, 0.15) is 0 Å². The summed E-state index contributed by atoms with van der Waals surface area (Å²) in [5.74, 6) is 0. The molecule has 0 aliphatic rings. The Balaban J connectivity index is 0. The van der Waals surface area contributed by atoms with Crippen LogP contribution in [0.4, 0.5) is 0 Å². The fraction of sp³-hybridized carbons (Fsp3) is 0. The van der Waals surface area contributed by atoms with Gasteiger partial charge in [0, 0.05) is 14.4 Å². The normalized spacial score (nSPS) is 3.25. The van der Waals surface area contributed by atoms with Crippen molar-refractivity contribution in [3.63, 3.8) is 0 Å². The summed E-state index contributed by atoms with van der Waals surface area (Å²) >= 11 is 0. The van der Waals surface area contributed by atoms with Gasteiger partial charge in [0.25, 0.3) is 0 Å². The van der Waals surface area contributed by atoms with Gasteiger partial charge < -0.3 is 0 Å². The summed E-state index contributed by atoms with van der Waals surface area (Å²) in [5.41, 5.74) is 0. The molecule has 0 fully saturated rings. The molecule has 0 atom stereocenters. The summed E-state index contributed by atoms with van der Waals surface area (Å²) in [6.07, 6.45) is 1.00. The van der Waals surface area contributed by atoms with Crippen molar-refractivity contribution in [1.29, 1.82) is 0 Å². The van der Waals surface area contributed by atoms with Crippen molar-refractivity contribution in [3.8, 4) is 0 Å². The quantitative estimate of drug-likeness (QED) is 0.382. The van der Waals surface area contributed by atoms with Crippen LogP contribution in [0.25, 0.3) is 0 Å². The van der Waals surface area contributed by atoms with E-state index in [0.29, 0.717) is 0 Å². The van der Waals surface area contributed by atoms with Gasteiger partial charge in [0.15, 0.2) is 0 Å². The van der Waals surface area contributed by atoms with E-state index in [9.17, 15) is 0 Å². The first kappa shape index (κ1) is 9.27. The second-order valence-corrected chi connectivity index (χ2v) is 0.204. The average Bonchev–Trinajstić information content (AvgIpc) is 0.918. The lowest BCUT2D eigenvalue weighted by molar-refractivity contribution is 2.19. The maximum atomic E-state index is 5.97. The molecule has 0 heteroatoms. The van der Waals surface area contributed by atoms with Crippen molar-refractivity contribution < 1.29 is 0 Å². The molecule has 19 valence electrons. The molecule has 0 N–H and O–H groups in total. The molecule has 7 radical (unpaired) electrons. The molecule has 0 saturated heterocycles. The molecule has 0 amide bonds. The lowest BCUT2D eigenvalue weighted by Crippen LogP contribution is -1.09. The summed E-state index contributed by atoms with van der Waals surface area (Å²) in [7, 11) is 0. The summed E-state index contributed by atoms with van der Waals surface area (Å²) in [4.78, 5) is 0. The average molecular weight is 51.1 g/mol. The van der Waals surface area contributed by atoms with Crippen LogP contribution in [0, 0.1) is 14.4 Å². The van der Waals surface area contributed by atoms with E-state index in [1.807, 2.05) is 0 Å². The van der Waals surface area contributed by atoms with Crippen LogP contribution in [0.15, 0.2) is 12.7 Å². The second kappa shape index (κ2) is 15.1. The Morgan fingerprint density at radius 1 is 1.75 bits per heavy atom. The van der Waals surface area contributed by atoms with Crippen LogP contribution in [0.5, 0.6) is 0 Å². The van der Waals surface area contributed by atoms with Crippen molar-refractivity contribution in [3.05, 3.63) is 27.0 Å². The third-order valence-corrected chi connectivity index (χ3v) is 0. The van der Waals surface area contributed by atoms with Crippen LogP contribution in [-0.4, -0.2) is 0 Å². The van der Waals surface area contributed by atoms with Gasteiger partial charge in [0.05, 0.1) is 0 Å². The van der Waals surface area contributed by atoms with Crippen LogP contribution in [0.2, 0.25) is 0 Å². The zero-order chi connectivity index (χ0) is 2.71. The lowest BCUT2D eigenvalue weighted by Gasteiger charge is -1.28. The molecule has 4 heavy (non-hydrogen) atoms. The standard InChI is InChI=1S/C3H3.C/c1-3-2;/h3H,1H2;. The van der Waals surface area contributed by atoms with Crippen LogP contribution in [0.3, 0.4) is 0 Å². The highest BCUT2D eigenvalue weighted by atomic mass is 13.2. The zero-order valence-electron chi connectivity index (χ0n) is 2.28. The first-order valence-corrected chi connectivity index (χ1v) is 0.697. The second-order valence-electron chi connectivity index (χ2n) is 0.204. The Hall–Kier alpha value is -0.260. The van der Waals surface area contributed by atoms with E-state index in [4.69, 9.17) is 6.92 Å². The van der Waals surface area contributed by atoms with Crippen molar-refractivity contribution in [2.45, 2.75) is 0 Å². The Morgan fingerprint density at radius 2 is 1.75 bits per heavy atom. The van der Waals surface area contributed by atoms with E-state index >= 15 is 0 Å². The minimum atomic E-state index is 0. The van der Waals surface area contributed by atoms with Gasteiger partial charge in [-0.1, -0.05) is 6.08 Å². The minimum absolute atomic E-state index is 0. The number of hydrogen-bond donors (Lipinski definition) is 0. The van der Waals surface area contributed by atoms with Crippen molar-refractivity contribution >= 4 is 0 Å². The summed E-state index contributed by atoms with van der Waals surface area (Å²) < 4.78 is 0. The van der Waals surface area contributed by atoms with E-state index in [1.165, 1.54) is 0 Å². The molecule has 0 saturated carbocycles.